The van der Waals surface area contributed by atoms with Crippen LogP contribution in [0.5, 0.6) is 0 Å². The lowest BCUT2D eigenvalue weighted by atomic mass is 9.76. The largest absolute Gasteiger partial charge is 0.480 e. The number of hydrogen-bond acceptors (Lipinski definition) is 5. The summed E-state index contributed by atoms with van der Waals surface area (Å²) in [7, 11) is 1.23. The molecular weight excluding hydrogens is 276 g/mol. The molecule has 0 bridgehead atoms. The van der Waals surface area contributed by atoms with Crippen molar-refractivity contribution in [2.45, 2.75) is 57.0 Å². The number of esters is 1. The third kappa shape index (κ3) is 5.00. The second kappa shape index (κ2) is 7.40. The summed E-state index contributed by atoms with van der Waals surface area (Å²) in [6.07, 6.45) is 2.89. The summed E-state index contributed by atoms with van der Waals surface area (Å²) in [5, 5.41) is 11.6. The van der Waals surface area contributed by atoms with E-state index in [0.29, 0.717) is 18.8 Å². The van der Waals surface area contributed by atoms with Crippen LogP contribution in [0.4, 0.5) is 0 Å². The molecule has 0 saturated heterocycles. The van der Waals surface area contributed by atoms with Crippen molar-refractivity contribution in [1.82, 2.24) is 5.32 Å². The zero-order valence-corrected chi connectivity index (χ0v) is 12.6. The molecular formula is C14H24N2O5. The molecule has 0 aliphatic heterocycles. The van der Waals surface area contributed by atoms with Gasteiger partial charge < -0.3 is 20.9 Å². The van der Waals surface area contributed by atoms with E-state index in [-0.39, 0.29) is 12.8 Å². The van der Waals surface area contributed by atoms with E-state index < -0.39 is 29.4 Å². The highest BCUT2D eigenvalue weighted by atomic mass is 16.5. The number of carboxylic acids is 1. The normalized spacial score (nSPS) is 26.7. The number of ether oxygens (including phenoxy) is 1. The average molecular weight is 300 g/mol. The maximum Gasteiger partial charge on any atom is 0.326 e. The van der Waals surface area contributed by atoms with Gasteiger partial charge in [0.2, 0.25) is 5.91 Å². The Morgan fingerprint density at radius 3 is 2.67 bits per heavy atom. The van der Waals surface area contributed by atoms with Gasteiger partial charge in [0.15, 0.2) is 0 Å². The third-order valence-electron chi connectivity index (χ3n) is 3.95. The lowest BCUT2D eigenvalue weighted by Gasteiger charge is -2.36. The number of amides is 1. The molecule has 0 radical (unpaired) electrons. The fourth-order valence-corrected chi connectivity index (χ4v) is 2.72. The molecule has 1 aliphatic rings. The number of aliphatic carboxylic acids is 1. The van der Waals surface area contributed by atoms with E-state index in [2.05, 4.69) is 10.1 Å². The van der Waals surface area contributed by atoms with Crippen molar-refractivity contribution in [3.63, 3.8) is 0 Å². The molecule has 0 spiro atoms. The zero-order valence-electron chi connectivity index (χ0n) is 12.6. The van der Waals surface area contributed by atoms with Crippen LogP contribution in [0.1, 0.15) is 45.4 Å². The molecule has 1 aliphatic carbocycles. The molecule has 1 fully saturated rings. The molecule has 7 heteroatoms. The maximum atomic E-state index is 12.3. The van der Waals surface area contributed by atoms with Gasteiger partial charge in [-0.25, -0.2) is 4.79 Å². The van der Waals surface area contributed by atoms with Crippen molar-refractivity contribution in [3.8, 4) is 0 Å². The Labute approximate surface area is 124 Å². The summed E-state index contributed by atoms with van der Waals surface area (Å²) in [5.74, 6) is -1.80. The van der Waals surface area contributed by atoms with Gasteiger partial charge in [-0.05, 0) is 25.2 Å². The van der Waals surface area contributed by atoms with Gasteiger partial charge in [-0.2, -0.15) is 0 Å². The molecule has 3 atom stereocenters. The van der Waals surface area contributed by atoms with Crippen LogP contribution in [-0.4, -0.2) is 41.6 Å². The number of carboxylic acid groups (broad SMARTS) is 1. The van der Waals surface area contributed by atoms with Crippen molar-refractivity contribution >= 4 is 17.8 Å². The van der Waals surface area contributed by atoms with Crippen LogP contribution in [0.2, 0.25) is 0 Å². The van der Waals surface area contributed by atoms with Crippen LogP contribution in [-0.2, 0) is 19.1 Å². The fraction of sp³-hybridized carbons (Fsp3) is 0.786. The number of carbonyl (C=O) groups excluding carboxylic acids is 2. The van der Waals surface area contributed by atoms with E-state index >= 15 is 0 Å². The topological polar surface area (TPSA) is 119 Å². The highest BCUT2D eigenvalue weighted by Gasteiger charge is 2.39. The summed E-state index contributed by atoms with van der Waals surface area (Å²) in [5.41, 5.74) is 5.11. The standard InChI is InChI=1S/C14H24N2O5/c1-9-4-3-7-14(15,8-9)13(20)16-10(12(18)19)5-6-11(17)21-2/h9-10H,3-8,15H2,1-2H3,(H,16,20)(H,18,19)/t9?,10-,14?/m1/s1. The summed E-state index contributed by atoms with van der Waals surface area (Å²) in [6, 6.07) is -1.13. The molecule has 1 rings (SSSR count). The first-order valence-corrected chi connectivity index (χ1v) is 7.18. The second-order valence-corrected chi connectivity index (χ2v) is 5.84. The number of methoxy groups -OCH3 is 1. The number of rotatable bonds is 6. The van der Waals surface area contributed by atoms with Crippen LogP contribution in [0, 0.1) is 5.92 Å². The van der Waals surface area contributed by atoms with E-state index in [1.54, 1.807) is 0 Å². The molecule has 1 saturated carbocycles. The summed E-state index contributed by atoms with van der Waals surface area (Å²) >= 11 is 0. The van der Waals surface area contributed by atoms with Gasteiger partial charge in [0.05, 0.1) is 12.6 Å². The SMILES string of the molecule is COC(=O)CC[C@@H](NC(=O)C1(N)CCCC(C)C1)C(=O)O. The molecule has 21 heavy (non-hydrogen) atoms. The first-order valence-electron chi connectivity index (χ1n) is 7.18. The number of hydrogen-bond donors (Lipinski definition) is 3. The Balaban J connectivity index is 2.63. The highest BCUT2D eigenvalue weighted by molar-refractivity contribution is 5.90. The Morgan fingerprint density at radius 2 is 2.14 bits per heavy atom. The Kier molecular flexibility index (Phi) is 6.14. The molecule has 4 N–H and O–H groups in total. The monoisotopic (exact) mass is 300 g/mol. The van der Waals surface area contributed by atoms with Gasteiger partial charge in [0, 0.05) is 6.42 Å². The van der Waals surface area contributed by atoms with Gasteiger partial charge in [-0.1, -0.05) is 19.8 Å². The number of nitrogens with two attached hydrogens (primary N) is 1. The zero-order chi connectivity index (χ0) is 16.0. The summed E-state index contributed by atoms with van der Waals surface area (Å²) in [6.45, 7) is 2.03. The van der Waals surface area contributed by atoms with Crippen molar-refractivity contribution in [2.24, 2.45) is 11.7 Å². The summed E-state index contributed by atoms with van der Waals surface area (Å²) < 4.78 is 4.47. The van der Waals surface area contributed by atoms with Gasteiger partial charge in [-0.3, -0.25) is 9.59 Å². The first kappa shape index (κ1) is 17.4. The molecule has 0 heterocycles. The van der Waals surface area contributed by atoms with Crippen LogP contribution < -0.4 is 11.1 Å². The molecule has 0 aromatic carbocycles. The predicted octanol–water partition coefficient (Wildman–Crippen LogP) is 0.417. The van der Waals surface area contributed by atoms with E-state index in [0.717, 1.165) is 12.8 Å². The Hall–Kier alpha value is -1.63. The summed E-state index contributed by atoms with van der Waals surface area (Å²) in [4.78, 5) is 34.5. The van der Waals surface area contributed by atoms with Gasteiger partial charge >= 0.3 is 11.9 Å². The number of nitrogens with one attached hydrogen (secondary N) is 1. The molecule has 7 nitrogen and oxygen atoms in total. The molecule has 120 valence electrons. The lowest BCUT2D eigenvalue weighted by molar-refractivity contribution is -0.145. The van der Waals surface area contributed by atoms with E-state index in [1.165, 1.54) is 7.11 Å². The van der Waals surface area contributed by atoms with Gasteiger partial charge in [0.25, 0.3) is 0 Å². The maximum absolute atomic E-state index is 12.3. The second-order valence-electron chi connectivity index (χ2n) is 5.84. The minimum Gasteiger partial charge on any atom is -0.480 e. The van der Waals surface area contributed by atoms with Crippen molar-refractivity contribution in [1.29, 1.82) is 0 Å². The smallest absolute Gasteiger partial charge is 0.326 e. The minimum atomic E-state index is -1.18. The molecule has 2 unspecified atom stereocenters. The van der Waals surface area contributed by atoms with Crippen molar-refractivity contribution < 1.29 is 24.2 Å². The van der Waals surface area contributed by atoms with E-state index in [4.69, 9.17) is 10.8 Å². The van der Waals surface area contributed by atoms with Crippen molar-refractivity contribution in [2.75, 3.05) is 7.11 Å². The Morgan fingerprint density at radius 1 is 1.48 bits per heavy atom. The molecule has 0 aromatic rings. The first-order chi connectivity index (χ1) is 9.78. The van der Waals surface area contributed by atoms with Crippen LogP contribution >= 0.6 is 0 Å². The predicted molar refractivity (Wildman–Crippen MR) is 75.4 cm³/mol. The lowest BCUT2D eigenvalue weighted by Crippen LogP contribution is -2.59. The van der Waals surface area contributed by atoms with Gasteiger partial charge in [-0.15, -0.1) is 0 Å². The fourth-order valence-electron chi connectivity index (χ4n) is 2.72. The average Bonchev–Trinajstić information content (AvgIpc) is 2.42. The van der Waals surface area contributed by atoms with Crippen molar-refractivity contribution in [3.05, 3.63) is 0 Å². The van der Waals surface area contributed by atoms with Crippen LogP contribution in [0.3, 0.4) is 0 Å². The van der Waals surface area contributed by atoms with E-state index in [9.17, 15) is 14.4 Å². The quantitative estimate of drug-likeness (QED) is 0.612. The van der Waals surface area contributed by atoms with Gasteiger partial charge in [0.1, 0.15) is 6.04 Å². The molecule has 1 amide bonds. The molecule has 0 aromatic heterocycles. The highest BCUT2D eigenvalue weighted by Crippen LogP contribution is 2.30. The number of carbonyl (C=O) groups is 3. The minimum absolute atomic E-state index is 0.0145. The van der Waals surface area contributed by atoms with Crippen LogP contribution in [0.25, 0.3) is 0 Å². The third-order valence-corrected chi connectivity index (χ3v) is 3.95. The van der Waals surface area contributed by atoms with E-state index in [1.807, 2.05) is 6.92 Å². The Bertz CT molecular complexity index is 412. The van der Waals surface area contributed by atoms with Crippen LogP contribution in [0.15, 0.2) is 0 Å².